The van der Waals surface area contributed by atoms with E-state index in [1.54, 1.807) is 6.20 Å². The Bertz CT molecular complexity index is 493. The number of aromatic amines is 1. The van der Waals surface area contributed by atoms with E-state index in [9.17, 15) is 0 Å². The fourth-order valence-electron chi connectivity index (χ4n) is 1.09. The highest BCUT2D eigenvalue weighted by molar-refractivity contribution is 9.09. The second-order valence-corrected chi connectivity index (χ2v) is 3.50. The molecule has 0 amide bonds. The van der Waals surface area contributed by atoms with E-state index in [0.717, 1.165) is 28.6 Å². The number of hydrogen-bond acceptors (Lipinski definition) is 2. The smallest absolute Gasteiger partial charge is 0.156 e. The molecule has 0 radical (unpaired) electrons. The van der Waals surface area contributed by atoms with E-state index >= 15 is 0 Å². The van der Waals surface area contributed by atoms with E-state index in [-0.39, 0.29) is 0 Å². The number of nitrogens with zero attached hydrogens (tertiary/aromatic N) is 2. The first kappa shape index (κ1) is 9.22. The molecule has 0 aromatic carbocycles. The van der Waals surface area contributed by atoms with Gasteiger partial charge in [0.2, 0.25) is 0 Å². The number of rotatable bonds is 1. The highest BCUT2D eigenvalue weighted by Gasteiger charge is 1.96. The molecule has 0 saturated heterocycles. The van der Waals surface area contributed by atoms with Crippen LogP contribution in [0.2, 0.25) is 0 Å². The molecule has 2 aromatic heterocycles. The van der Waals surface area contributed by atoms with Crippen molar-refractivity contribution in [1.82, 2.24) is 15.0 Å². The van der Waals surface area contributed by atoms with Gasteiger partial charge >= 0.3 is 0 Å². The van der Waals surface area contributed by atoms with Gasteiger partial charge in [0.05, 0.1) is 6.20 Å². The van der Waals surface area contributed by atoms with Crippen molar-refractivity contribution < 1.29 is 0 Å². The van der Waals surface area contributed by atoms with Gasteiger partial charge in [0.1, 0.15) is 11.2 Å². The van der Waals surface area contributed by atoms with Crippen LogP contribution < -0.4 is 0 Å². The van der Waals surface area contributed by atoms with Crippen LogP contribution in [0, 0.1) is 11.8 Å². The van der Waals surface area contributed by atoms with Crippen LogP contribution >= 0.6 is 15.9 Å². The van der Waals surface area contributed by atoms with Crippen molar-refractivity contribution in [2.45, 2.75) is 6.42 Å². The van der Waals surface area contributed by atoms with E-state index in [1.165, 1.54) is 0 Å². The normalized spacial score (nSPS) is 9.79. The summed E-state index contributed by atoms with van der Waals surface area (Å²) in [7, 11) is 0. The highest BCUT2D eigenvalue weighted by atomic mass is 79.9. The van der Waals surface area contributed by atoms with Crippen LogP contribution in [0.4, 0.5) is 0 Å². The lowest BCUT2D eigenvalue weighted by atomic mass is 10.4. The Morgan fingerprint density at radius 1 is 1.50 bits per heavy atom. The largest absolute Gasteiger partial charge is 0.345 e. The minimum Gasteiger partial charge on any atom is -0.345 e. The van der Waals surface area contributed by atoms with Gasteiger partial charge in [-0.1, -0.05) is 21.9 Å². The summed E-state index contributed by atoms with van der Waals surface area (Å²) in [6, 6.07) is 1.89. The zero-order valence-electron chi connectivity index (χ0n) is 7.42. The molecule has 70 valence electrons. The van der Waals surface area contributed by atoms with Crippen LogP contribution in [0.15, 0.2) is 18.5 Å². The number of aromatic nitrogens is 3. The zero-order chi connectivity index (χ0) is 9.80. The maximum atomic E-state index is 4.32. The summed E-state index contributed by atoms with van der Waals surface area (Å²) in [5, 5.41) is 0.889. The van der Waals surface area contributed by atoms with Crippen molar-refractivity contribution in [2.24, 2.45) is 0 Å². The van der Waals surface area contributed by atoms with E-state index in [0.29, 0.717) is 0 Å². The molecule has 1 N–H and O–H groups in total. The van der Waals surface area contributed by atoms with Gasteiger partial charge in [0, 0.05) is 17.9 Å². The number of nitrogens with one attached hydrogen (secondary N) is 1. The Kier molecular flexibility index (Phi) is 2.80. The Balaban J connectivity index is 2.31. The van der Waals surface area contributed by atoms with Crippen LogP contribution in [-0.4, -0.2) is 20.3 Å². The molecule has 3 nitrogen and oxygen atoms in total. The number of fused-ring (bicyclic) bond motifs is 1. The zero-order valence-corrected chi connectivity index (χ0v) is 9.00. The van der Waals surface area contributed by atoms with Crippen LogP contribution in [0.1, 0.15) is 12.1 Å². The Labute approximate surface area is 90.1 Å². The van der Waals surface area contributed by atoms with Crippen molar-refractivity contribution in [3.63, 3.8) is 0 Å². The third-order valence-electron chi connectivity index (χ3n) is 1.70. The lowest BCUT2D eigenvalue weighted by molar-refractivity contribution is 1.23. The molecule has 2 aromatic rings. The van der Waals surface area contributed by atoms with Gasteiger partial charge in [-0.25, -0.2) is 9.97 Å². The molecule has 0 atom stereocenters. The summed E-state index contributed by atoms with van der Waals surface area (Å²) in [6.07, 6.45) is 4.33. The summed E-state index contributed by atoms with van der Waals surface area (Å²) >= 11 is 3.31. The van der Waals surface area contributed by atoms with Gasteiger partial charge in [0.15, 0.2) is 5.65 Å². The van der Waals surface area contributed by atoms with Gasteiger partial charge in [0.25, 0.3) is 0 Å². The molecule has 2 heterocycles. The van der Waals surface area contributed by atoms with E-state index in [4.69, 9.17) is 0 Å². The molecule has 4 heteroatoms. The molecule has 2 rings (SSSR count). The van der Waals surface area contributed by atoms with Gasteiger partial charge in [-0.15, -0.1) is 0 Å². The molecule has 0 aliphatic carbocycles. The number of H-pyrrole nitrogens is 1. The number of hydrogen-bond donors (Lipinski definition) is 1. The summed E-state index contributed by atoms with van der Waals surface area (Å²) in [5.74, 6) is 5.96. The maximum Gasteiger partial charge on any atom is 0.156 e. The second-order valence-electron chi connectivity index (χ2n) is 2.71. The molecule has 0 bridgehead atoms. The monoisotopic (exact) mass is 249 g/mol. The minimum absolute atomic E-state index is 0.720. The van der Waals surface area contributed by atoms with Crippen molar-refractivity contribution in [3.05, 3.63) is 24.2 Å². The molecule has 0 unspecified atom stereocenters. The van der Waals surface area contributed by atoms with Crippen LogP contribution in [-0.2, 0) is 0 Å². The number of alkyl halides is 1. The van der Waals surface area contributed by atoms with E-state index in [1.807, 2.05) is 12.3 Å². The standard InChI is InChI=1S/C10H8BrN3/c11-5-2-1-3-8-7-13-10-9(14-8)4-6-12-10/h4,6-7H,2,5H2,(H,12,13). The summed E-state index contributed by atoms with van der Waals surface area (Å²) in [6.45, 7) is 0. The van der Waals surface area contributed by atoms with Crippen LogP contribution in [0.5, 0.6) is 0 Å². The second kappa shape index (κ2) is 4.25. The lowest BCUT2D eigenvalue weighted by Crippen LogP contribution is -1.85. The summed E-state index contributed by atoms with van der Waals surface area (Å²) in [5.41, 5.74) is 2.38. The topological polar surface area (TPSA) is 41.6 Å². The summed E-state index contributed by atoms with van der Waals surface area (Å²) < 4.78 is 0. The van der Waals surface area contributed by atoms with Crippen LogP contribution in [0.3, 0.4) is 0 Å². The highest BCUT2D eigenvalue weighted by Crippen LogP contribution is 2.05. The van der Waals surface area contributed by atoms with Crippen molar-refractivity contribution in [2.75, 3.05) is 5.33 Å². The average Bonchev–Trinajstić information content (AvgIpc) is 2.65. The van der Waals surface area contributed by atoms with Gasteiger partial charge in [-0.05, 0) is 12.0 Å². The molecular weight excluding hydrogens is 242 g/mol. The first-order chi connectivity index (χ1) is 6.90. The fraction of sp³-hybridized carbons (Fsp3) is 0.200. The Morgan fingerprint density at radius 2 is 2.43 bits per heavy atom. The molecular formula is C10H8BrN3. The molecule has 0 saturated carbocycles. The van der Waals surface area contributed by atoms with Gasteiger partial charge in [-0.3, -0.25) is 0 Å². The van der Waals surface area contributed by atoms with E-state index in [2.05, 4.69) is 42.7 Å². The molecule has 0 spiro atoms. The fourth-order valence-corrected chi connectivity index (χ4v) is 1.29. The molecule has 0 fully saturated rings. The SMILES string of the molecule is BrCCC#Cc1cnc2[nH]ccc2n1. The average molecular weight is 250 g/mol. The van der Waals surface area contributed by atoms with Gasteiger partial charge < -0.3 is 4.98 Å². The van der Waals surface area contributed by atoms with Crippen molar-refractivity contribution in [3.8, 4) is 11.8 Å². The van der Waals surface area contributed by atoms with Gasteiger partial charge in [-0.2, -0.15) is 0 Å². The summed E-state index contributed by atoms with van der Waals surface area (Å²) in [4.78, 5) is 11.5. The lowest BCUT2D eigenvalue weighted by Gasteiger charge is -1.89. The Hall–Kier alpha value is -1.34. The maximum absolute atomic E-state index is 4.32. The van der Waals surface area contributed by atoms with Crippen molar-refractivity contribution >= 4 is 27.1 Å². The van der Waals surface area contributed by atoms with Crippen molar-refractivity contribution in [1.29, 1.82) is 0 Å². The predicted octanol–water partition coefficient (Wildman–Crippen LogP) is 2.09. The third-order valence-corrected chi connectivity index (χ3v) is 2.09. The third kappa shape index (κ3) is 1.94. The minimum atomic E-state index is 0.720. The molecule has 0 aliphatic heterocycles. The first-order valence-corrected chi connectivity index (χ1v) is 5.37. The van der Waals surface area contributed by atoms with Crippen LogP contribution in [0.25, 0.3) is 11.2 Å². The quantitative estimate of drug-likeness (QED) is 0.622. The number of halogens is 1. The molecule has 14 heavy (non-hydrogen) atoms. The predicted molar refractivity (Wildman–Crippen MR) is 59.2 cm³/mol. The first-order valence-electron chi connectivity index (χ1n) is 4.25. The Morgan fingerprint density at radius 3 is 3.29 bits per heavy atom. The molecule has 0 aliphatic rings. The van der Waals surface area contributed by atoms with E-state index < -0.39 is 0 Å².